The molecule has 1 aliphatic heterocycles. The lowest BCUT2D eigenvalue weighted by atomic mass is 10.1. The highest BCUT2D eigenvalue weighted by Gasteiger charge is 2.18. The molecule has 0 bridgehead atoms. The molecule has 5 heteroatoms. The summed E-state index contributed by atoms with van der Waals surface area (Å²) in [6.07, 6.45) is 2.65. The number of thiazole rings is 1. The van der Waals surface area contributed by atoms with Crippen LogP contribution in [0, 0.1) is 6.92 Å². The van der Waals surface area contributed by atoms with Crippen LogP contribution in [-0.2, 0) is 0 Å². The second kappa shape index (κ2) is 5.01. The quantitative estimate of drug-likeness (QED) is 0.873. The van der Waals surface area contributed by atoms with Gasteiger partial charge in [-0.05, 0) is 26.3 Å². The largest absolute Gasteiger partial charge is 0.478 e. The van der Waals surface area contributed by atoms with Crippen LogP contribution in [0.15, 0.2) is 0 Å². The number of piperidine rings is 1. The molecule has 2 heterocycles. The van der Waals surface area contributed by atoms with Gasteiger partial charge in [0.2, 0.25) is 0 Å². The summed E-state index contributed by atoms with van der Waals surface area (Å²) in [6, 6.07) is 0. The molecular weight excluding hydrogens is 222 g/mol. The Kier molecular flexibility index (Phi) is 3.66. The fourth-order valence-corrected chi connectivity index (χ4v) is 2.65. The SMILES string of the molecule is Cc1nc(N(C)C)sc1OC1CCCNC1. The number of nitrogens with zero attached hydrogens (tertiary/aromatic N) is 2. The fourth-order valence-electron chi connectivity index (χ4n) is 1.74. The van der Waals surface area contributed by atoms with Crippen LogP contribution in [0.25, 0.3) is 0 Å². The van der Waals surface area contributed by atoms with Crippen LogP contribution in [0.1, 0.15) is 18.5 Å². The maximum Gasteiger partial charge on any atom is 0.199 e. The van der Waals surface area contributed by atoms with Crippen LogP contribution < -0.4 is 15.0 Å². The van der Waals surface area contributed by atoms with Crippen molar-refractivity contribution in [2.75, 3.05) is 32.1 Å². The highest BCUT2D eigenvalue weighted by Crippen LogP contribution is 2.32. The lowest BCUT2D eigenvalue weighted by molar-refractivity contribution is 0.171. The second-order valence-corrected chi connectivity index (χ2v) is 5.29. The van der Waals surface area contributed by atoms with Crippen LogP contribution in [0.3, 0.4) is 0 Å². The molecule has 1 saturated heterocycles. The van der Waals surface area contributed by atoms with E-state index in [2.05, 4.69) is 10.3 Å². The Labute approximate surface area is 101 Å². The average molecular weight is 241 g/mol. The molecule has 0 spiro atoms. The number of anilines is 1. The highest BCUT2D eigenvalue weighted by atomic mass is 32.1. The molecule has 4 nitrogen and oxygen atoms in total. The van der Waals surface area contributed by atoms with E-state index < -0.39 is 0 Å². The predicted octanol–water partition coefficient (Wildman–Crippen LogP) is 1.65. The molecule has 1 N–H and O–H groups in total. The van der Waals surface area contributed by atoms with E-state index >= 15 is 0 Å². The number of hydrogen-bond acceptors (Lipinski definition) is 5. The van der Waals surface area contributed by atoms with Crippen molar-refractivity contribution in [1.29, 1.82) is 0 Å². The van der Waals surface area contributed by atoms with E-state index in [-0.39, 0.29) is 0 Å². The van der Waals surface area contributed by atoms with Gasteiger partial charge >= 0.3 is 0 Å². The minimum atomic E-state index is 0.308. The number of nitrogens with one attached hydrogen (secondary N) is 1. The Bertz CT molecular complexity index is 345. The third-order valence-electron chi connectivity index (χ3n) is 2.65. The molecule has 90 valence electrons. The number of rotatable bonds is 3. The fraction of sp³-hybridized carbons (Fsp3) is 0.727. The molecule has 1 aliphatic rings. The zero-order chi connectivity index (χ0) is 11.5. The first-order valence-electron chi connectivity index (χ1n) is 5.69. The van der Waals surface area contributed by atoms with Crippen molar-refractivity contribution in [3.05, 3.63) is 5.69 Å². The van der Waals surface area contributed by atoms with Crippen molar-refractivity contribution in [2.24, 2.45) is 0 Å². The predicted molar refractivity (Wildman–Crippen MR) is 67.7 cm³/mol. The minimum absolute atomic E-state index is 0.308. The summed E-state index contributed by atoms with van der Waals surface area (Å²) in [6.45, 7) is 4.08. The van der Waals surface area contributed by atoms with E-state index in [0.717, 1.165) is 35.4 Å². The van der Waals surface area contributed by atoms with Gasteiger partial charge in [0, 0.05) is 20.6 Å². The van der Waals surface area contributed by atoms with Crippen molar-refractivity contribution >= 4 is 16.5 Å². The topological polar surface area (TPSA) is 37.4 Å². The van der Waals surface area contributed by atoms with Crippen LogP contribution in [0.5, 0.6) is 5.06 Å². The molecule has 16 heavy (non-hydrogen) atoms. The van der Waals surface area contributed by atoms with Crippen LogP contribution in [-0.4, -0.2) is 38.3 Å². The lowest BCUT2D eigenvalue weighted by Gasteiger charge is -2.23. The molecule has 1 aromatic heterocycles. The van der Waals surface area contributed by atoms with Crippen LogP contribution in [0.2, 0.25) is 0 Å². The molecular formula is C11H19N3OS. The lowest BCUT2D eigenvalue weighted by Crippen LogP contribution is -2.37. The Morgan fingerprint density at radius 3 is 2.88 bits per heavy atom. The van der Waals surface area contributed by atoms with Gasteiger partial charge in [0.1, 0.15) is 6.10 Å². The van der Waals surface area contributed by atoms with E-state index in [0.29, 0.717) is 6.10 Å². The number of aryl methyl sites for hydroxylation is 1. The van der Waals surface area contributed by atoms with E-state index in [1.807, 2.05) is 25.9 Å². The molecule has 1 fully saturated rings. The first-order chi connectivity index (χ1) is 7.66. The van der Waals surface area contributed by atoms with Crippen molar-refractivity contribution in [3.63, 3.8) is 0 Å². The summed E-state index contributed by atoms with van der Waals surface area (Å²) < 4.78 is 5.98. The maximum absolute atomic E-state index is 5.98. The standard InChI is InChI=1S/C11H19N3OS/c1-8-10(16-11(13-8)14(2)3)15-9-5-4-6-12-7-9/h9,12H,4-7H2,1-3H3. The number of hydrogen-bond donors (Lipinski definition) is 1. The van der Waals surface area contributed by atoms with E-state index in [1.54, 1.807) is 11.3 Å². The average Bonchev–Trinajstić information content (AvgIpc) is 2.62. The zero-order valence-corrected chi connectivity index (χ0v) is 10.9. The molecule has 1 atom stereocenters. The van der Waals surface area contributed by atoms with E-state index in [9.17, 15) is 0 Å². The van der Waals surface area contributed by atoms with Crippen LogP contribution in [0.4, 0.5) is 5.13 Å². The molecule has 0 aromatic carbocycles. The summed E-state index contributed by atoms with van der Waals surface area (Å²) >= 11 is 1.63. The Morgan fingerprint density at radius 2 is 2.31 bits per heavy atom. The highest BCUT2D eigenvalue weighted by molar-refractivity contribution is 7.17. The maximum atomic E-state index is 5.98. The van der Waals surface area contributed by atoms with Gasteiger partial charge < -0.3 is 15.0 Å². The molecule has 0 saturated carbocycles. The molecule has 1 aromatic rings. The molecule has 0 amide bonds. The van der Waals surface area contributed by atoms with Crippen LogP contribution >= 0.6 is 11.3 Å². The number of ether oxygens (including phenoxy) is 1. The summed E-state index contributed by atoms with van der Waals surface area (Å²) in [4.78, 5) is 6.49. The molecule has 1 unspecified atom stereocenters. The minimum Gasteiger partial charge on any atom is -0.478 e. The van der Waals surface area contributed by atoms with Gasteiger partial charge in [0.15, 0.2) is 10.2 Å². The van der Waals surface area contributed by atoms with Crippen molar-refractivity contribution in [1.82, 2.24) is 10.3 Å². The summed E-state index contributed by atoms with van der Waals surface area (Å²) in [5, 5.41) is 5.33. The van der Waals surface area contributed by atoms with Gasteiger partial charge in [-0.2, -0.15) is 0 Å². The second-order valence-electron chi connectivity index (χ2n) is 4.35. The molecule has 0 radical (unpaired) electrons. The Hall–Kier alpha value is -0.810. The van der Waals surface area contributed by atoms with Gasteiger partial charge in [-0.1, -0.05) is 11.3 Å². The molecule has 0 aliphatic carbocycles. The first-order valence-corrected chi connectivity index (χ1v) is 6.50. The number of aromatic nitrogens is 1. The Balaban J connectivity index is 2.02. The monoisotopic (exact) mass is 241 g/mol. The van der Waals surface area contributed by atoms with Gasteiger partial charge in [-0.25, -0.2) is 4.98 Å². The third kappa shape index (κ3) is 2.65. The Morgan fingerprint density at radius 1 is 1.50 bits per heavy atom. The van der Waals surface area contributed by atoms with Crippen molar-refractivity contribution < 1.29 is 4.74 Å². The van der Waals surface area contributed by atoms with Gasteiger partial charge in [-0.15, -0.1) is 0 Å². The van der Waals surface area contributed by atoms with E-state index in [4.69, 9.17) is 4.74 Å². The normalized spacial score (nSPS) is 20.8. The molecule has 2 rings (SSSR count). The van der Waals surface area contributed by atoms with Crippen molar-refractivity contribution in [3.8, 4) is 5.06 Å². The van der Waals surface area contributed by atoms with Gasteiger partial charge in [0.25, 0.3) is 0 Å². The third-order valence-corrected chi connectivity index (χ3v) is 3.87. The van der Waals surface area contributed by atoms with Crippen molar-refractivity contribution in [2.45, 2.75) is 25.9 Å². The summed E-state index contributed by atoms with van der Waals surface area (Å²) in [7, 11) is 4.01. The van der Waals surface area contributed by atoms with E-state index in [1.165, 1.54) is 6.42 Å². The van der Waals surface area contributed by atoms with Gasteiger partial charge in [0.05, 0.1) is 5.69 Å². The summed E-state index contributed by atoms with van der Waals surface area (Å²) in [5.41, 5.74) is 0.999. The first kappa shape index (κ1) is 11.7. The zero-order valence-electron chi connectivity index (χ0n) is 10.1. The smallest absolute Gasteiger partial charge is 0.199 e. The summed E-state index contributed by atoms with van der Waals surface area (Å²) in [5.74, 6) is 0. The van der Waals surface area contributed by atoms with Gasteiger partial charge in [-0.3, -0.25) is 0 Å².